The minimum atomic E-state index is -0.356. The SMILES string of the molecule is CCC(COCC(C)OC(=O)C1CCCC(O)C1)CC1OC1C. The second-order valence-electron chi connectivity index (χ2n) is 7.19. The third-order valence-electron chi connectivity index (χ3n) is 4.98. The molecule has 0 spiro atoms. The van der Waals surface area contributed by atoms with Gasteiger partial charge in [0.2, 0.25) is 0 Å². The molecule has 5 nitrogen and oxygen atoms in total. The van der Waals surface area contributed by atoms with Crippen LogP contribution in [0, 0.1) is 11.8 Å². The fourth-order valence-corrected chi connectivity index (χ4v) is 3.27. The molecule has 5 heteroatoms. The van der Waals surface area contributed by atoms with Crippen LogP contribution in [0.2, 0.25) is 0 Å². The summed E-state index contributed by atoms with van der Waals surface area (Å²) in [7, 11) is 0. The molecule has 23 heavy (non-hydrogen) atoms. The third-order valence-corrected chi connectivity index (χ3v) is 4.98. The summed E-state index contributed by atoms with van der Waals surface area (Å²) < 4.78 is 16.7. The predicted molar refractivity (Wildman–Crippen MR) is 87.1 cm³/mol. The van der Waals surface area contributed by atoms with Gasteiger partial charge >= 0.3 is 5.97 Å². The van der Waals surface area contributed by atoms with Crippen molar-refractivity contribution in [3.63, 3.8) is 0 Å². The summed E-state index contributed by atoms with van der Waals surface area (Å²) in [4.78, 5) is 12.1. The summed E-state index contributed by atoms with van der Waals surface area (Å²) in [5, 5.41) is 9.65. The van der Waals surface area contributed by atoms with Crippen LogP contribution < -0.4 is 0 Å². The van der Waals surface area contributed by atoms with E-state index in [9.17, 15) is 9.90 Å². The molecule has 1 saturated heterocycles. The Kier molecular flexibility index (Phi) is 7.31. The number of ether oxygens (including phenoxy) is 3. The highest BCUT2D eigenvalue weighted by atomic mass is 16.6. The van der Waals surface area contributed by atoms with E-state index in [-0.39, 0.29) is 24.1 Å². The molecule has 0 aromatic heterocycles. The highest BCUT2D eigenvalue weighted by Crippen LogP contribution is 2.29. The van der Waals surface area contributed by atoms with Crippen LogP contribution in [-0.4, -0.2) is 48.7 Å². The molecule has 2 rings (SSSR count). The van der Waals surface area contributed by atoms with Crippen molar-refractivity contribution in [1.29, 1.82) is 0 Å². The topological polar surface area (TPSA) is 68.3 Å². The van der Waals surface area contributed by atoms with E-state index in [1.807, 2.05) is 6.92 Å². The Labute approximate surface area is 139 Å². The molecule has 0 aromatic rings. The van der Waals surface area contributed by atoms with Gasteiger partial charge in [-0.2, -0.15) is 0 Å². The Bertz CT molecular complexity index is 372. The first kappa shape index (κ1) is 18.7. The molecule has 0 bridgehead atoms. The monoisotopic (exact) mass is 328 g/mol. The van der Waals surface area contributed by atoms with Crippen molar-refractivity contribution in [3.05, 3.63) is 0 Å². The Morgan fingerprint density at radius 3 is 2.70 bits per heavy atom. The molecule has 0 aromatic carbocycles. The normalized spacial score (nSPS) is 33.0. The molecule has 6 unspecified atom stereocenters. The number of aliphatic hydroxyl groups is 1. The molecule has 0 radical (unpaired) electrons. The summed E-state index contributed by atoms with van der Waals surface area (Å²) in [5.74, 6) is 0.159. The molecular weight excluding hydrogens is 296 g/mol. The minimum absolute atomic E-state index is 0.155. The number of aliphatic hydroxyl groups excluding tert-OH is 1. The Hall–Kier alpha value is -0.650. The summed E-state index contributed by atoms with van der Waals surface area (Å²) in [6.07, 6.45) is 5.36. The minimum Gasteiger partial charge on any atom is -0.460 e. The highest BCUT2D eigenvalue weighted by molar-refractivity contribution is 5.72. The van der Waals surface area contributed by atoms with Gasteiger partial charge in [0.05, 0.1) is 30.8 Å². The molecule has 6 atom stereocenters. The lowest BCUT2D eigenvalue weighted by molar-refractivity contribution is -0.158. The van der Waals surface area contributed by atoms with Gasteiger partial charge in [0, 0.05) is 6.61 Å². The van der Waals surface area contributed by atoms with Gasteiger partial charge in [0.1, 0.15) is 6.10 Å². The van der Waals surface area contributed by atoms with Crippen LogP contribution in [-0.2, 0) is 19.0 Å². The van der Waals surface area contributed by atoms with Crippen LogP contribution in [0.4, 0.5) is 0 Å². The first-order chi connectivity index (χ1) is 11.0. The van der Waals surface area contributed by atoms with Crippen molar-refractivity contribution in [2.75, 3.05) is 13.2 Å². The third kappa shape index (κ3) is 6.40. The van der Waals surface area contributed by atoms with Crippen molar-refractivity contribution in [1.82, 2.24) is 0 Å². The van der Waals surface area contributed by atoms with Crippen LogP contribution in [0.1, 0.15) is 59.3 Å². The maximum Gasteiger partial charge on any atom is 0.309 e. The lowest BCUT2D eigenvalue weighted by atomic mass is 9.87. The summed E-state index contributed by atoms with van der Waals surface area (Å²) in [6, 6.07) is 0. The van der Waals surface area contributed by atoms with Crippen LogP contribution >= 0.6 is 0 Å². The quantitative estimate of drug-likeness (QED) is 0.520. The number of hydrogen-bond donors (Lipinski definition) is 1. The maximum atomic E-state index is 12.1. The van der Waals surface area contributed by atoms with Gasteiger partial charge in [-0.05, 0) is 45.4 Å². The molecule has 1 aliphatic carbocycles. The second-order valence-corrected chi connectivity index (χ2v) is 7.19. The number of epoxide rings is 1. The largest absolute Gasteiger partial charge is 0.460 e. The van der Waals surface area contributed by atoms with Gasteiger partial charge in [-0.15, -0.1) is 0 Å². The summed E-state index contributed by atoms with van der Waals surface area (Å²) in [5.41, 5.74) is 0. The van der Waals surface area contributed by atoms with Gasteiger partial charge in [0.25, 0.3) is 0 Å². The zero-order valence-corrected chi connectivity index (χ0v) is 14.7. The predicted octanol–water partition coefficient (Wildman–Crippen LogP) is 2.69. The fourth-order valence-electron chi connectivity index (χ4n) is 3.27. The van der Waals surface area contributed by atoms with E-state index in [1.54, 1.807) is 0 Å². The molecule has 2 fully saturated rings. The van der Waals surface area contributed by atoms with Crippen molar-refractivity contribution >= 4 is 5.97 Å². The van der Waals surface area contributed by atoms with Crippen LogP contribution in [0.15, 0.2) is 0 Å². The average molecular weight is 328 g/mol. The molecule has 0 amide bonds. The van der Waals surface area contributed by atoms with Crippen molar-refractivity contribution in [3.8, 4) is 0 Å². The van der Waals surface area contributed by atoms with Gasteiger partial charge < -0.3 is 19.3 Å². The lowest BCUT2D eigenvalue weighted by Crippen LogP contribution is -2.31. The first-order valence-electron chi connectivity index (χ1n) is 9.11. The van der Waals surface area contributed by atoms with Gasteiger partial charge in [-0.1, -0.05) is 19.8 Å². The Morgan fingerprint density at radius 2 is 2.09 bits per heavy atom. The number of hydrogen-bond acceptors (Lipinski definition) is 5. The lowest BCUT2D eigenvalue weighted by Gasteiger charge is -2.25. The maximum absolute atomic E-state index is 12.1. The first-order valence-corrected chi connectivity index (χ1v) is 9.11. The molecule has 1 aliphatic heterocycles. The molecule has 1 N–H and O–H groups in total. The van der Waals surface area contributed by atoms with Crippen LogP contribution in [0.5, 0.6) is 0 Å². The molecule has 134 valence electrons. The fraction of sp³-hybridized carbons (Fsp3) is 0.944. The highest BCUT2D eigenvalue weighted by Gasteiger charge is 2.35. The Morgan fingerprint density at radius 1 is 1.35 bits per heavy atom. The van der Waals surface area contributed by atoms with Gasteiger partial charge in [0.15, 0.2) is 0 Å². The number of carbonyl (C=O) groups is 1. The molecule has 2 aliphatic rings. The average Bonchev–Trinajstić information content (AvgIpc) is 3.21. The van der Waals surface area contributed by atoms with Crippen molar-refractivity contribution in [2.45, 2.75) is 83.7 Å². The Balaban J connectivity index is 1.60. The number of rotatable bonds is 9. The molecular formula is C18H32O5. The van der Waals surface area contributed by atoms with E-state index in [2.05, 4.69) is 13.8 Å². The zero-order valence-electron chi connectivity index (χ0n) is 14.7. The van der Waals surface area contributed by atoms with E-state index in [1.165, 1.54) is 0 Å². The molecule has 1 heterocycles. The number of esters is 1. The summed E-state index contributed by atoms with van der Waals surface area (Å²) >= 11 is 0. The summed E-state index contributed by atoms with van der Waals surface area (Å²) in [6.45, 7) is 7.25. The van der Waals surface area contributed by atoms with Crippen molar-refractivity contribution < 1.29 is 24.1 Å². The van der Waals surface area contributed by atoms with Crippen molar-refractivity contribution in [2.24, 2.45) is 11.8 Å². The van der Waals surface area contributed by atoms with Crippen LogP contribution in [0.25, 0.3) is 0 Å². The van der Waals surface area contributed by atoms with E-state index in [0.29, 0.717) is 37.8 Å². The van der Waals surface area contributed by atoms with E-state index >= 15 is 0 Å². The standard InChI is InChI=1S/C18H32O5/c1-4-14(8-17-13(3)23-17)11-21-10-12(2)22-18(20)15-6-5-7-16(19)9-15/h12-17,19H,4-11H2,1-3H3. The smallest absolute Gasteiger partial charge is 0.309 e. The van der Waals surface area contributed by atoms with E-state index in [0.717, 1.165) is 32.1 Å². The number of carbonyl (C=O) groups excluding carboxylic acids is 1. The van der Waals surface area contributed by atoms with Gasteiger partial charge in [-0.25, -0.2) is 0 Å². The molecule has 1 saturated carbocycles. The van der Waals surface area contributed by atoms with E-state index in [4.69, 9.17) is 14.2 Å². The zero-order chi connectivity index (χ0) is 16.8. The second kappa shape index (κ2) is 9.00. The van der Waals surface area contributed by atoms with Gasteiger partial charge in [-0.3, -0.25) is 4.79 Å². The van der Waals surface area contributed by atoms with Crippen LogP contribution in [0.3, 0.4) is 0 Å². The van der Waals surface area contributed by atoms with E-state index < -0.39 is 0 Å².